The van der Waals surface area contributed by atoms with Crippen molar-refractivity contribution in [2.45, 2.75) is 69.7 Å². The summed E-state index contributed by atoms with van der Waals surface area (Å²) >= 11 is 1.55. The Labute approximate surface area is 196 Å². The second kappa shape index (κ2) is 11.4. The molecule has 4 N–H and O–H groups in total. The van der Waals surface area contributed by atoms with Crippen molar-refractivity contribution >= 4 is 36.6 Å². The van der Waals surface area contributed by atoms with Crippen molar-refractivity contribution in [3.8, 4) is 0 Å². The molecule has 2 aromatic rings. The van der Waals surface area contributed by atoms with Gasteiger partial charge in [-0.25, -0.2) is 19.5 Å². The molecule has 1 saturated heterocycles. The summed E-state index contributed by atoms with van der Waals surface area (Å²) < 4.78 is 22.7. The van der Waals surface area contributed by atoms with E-state index in [1.165, 1.54) is 10.9 Å². The van der Waals surface area contributed by atoms with Crippen molar-refractivity contribution in [2.75, 3.05) is 30.3 Å². The van der Waals surface area contributed by atoms with Gasteiger partial charge in [0.1, 0.15) is 18.3 Å². The van der Waals surface area contributed by atoms with E-state index in [-0.39, 0.29) is 0 Å². The molecule has 12 nitrogen and oxygen atoms in total. The van der Waals surface area contributed by atoms with Crippen molar-refractivity contribution in [2.24, 2.45) is 0 Å². The van der Waals surface area contributed by atoms with Crippen LogP contribution in [0.5, 0.6) is 0 Å². The Morgan fingerprint density at radius 3 is 2.55 bits per heavy atom. The molecule has 1 aliphatic heterocycles. The summed E-state index contributed by atoms with van der Waals surface area (Å²) in [7, 11) is -4.75. The van der Waals surface area contributed by atoms with E-state index in [4.69, 9.17) is 19.5 Å². The number of unbranched alkanes of at least 4 members (excludes halogenated alkanes) is 2. The van der Waals surface area contributed by atoms with E-state index in [0.29, 0.717) is 22.1 Å². The van der Waals surface area contributed by atoms with Crippen LogP contribution < -0.4 is 4.90 Å². The third kappa shape index (κ3) is 6.23. The molecule has 3 rings (SSSR count). The van der Waals surface area contributed by atoms with E-state index in [1.54, 1.807) is 11.8 Å². The maximum Gasteiger partial charge on any atom is 0.469 e. The zero-order chi connectivity index (χ0) is 24.2. The molecule has 1 aliphatic rings. The molecule has 1 fully saturated rings. The van der Waals surface area contributed by atoms with Crippen LogP contribution in [0.1, 0.15) is 46.3 Å². The summed E-state index contributed by atoms with van der Waals surface area (Å²) in [6.07, 6.45) is -0.246. The van der Waals surface area contributed by atoms with Crippen molar-refractivity contribution in [3.05, 3.63) is 6.33 Å². The minimum Gasteiger partial charge on any atom is -0.387 e. The van der Waals surface area contributed by atoms with Gasteiger partial charge in [0.25, 0.3) is 0 Å². The van der Waals surface area contributed by atoms with Gasteiger partial charge in [0, 0.05) is 18.8 Å². The van der Waals surface area contributed by atoms with Crippen LogP contribution in [0.2, 0.25) is 0 Å². The first-order valence-electron chi connectivity index (χ1n) is 11.0. The summed E-state index contributed by atoms with van der Waals surface area (Å²) in [6, 6.07) is 0. The van der Waals surface area contributed by atoms with Crippen molar-refractivity contribution in [1.29, 1.82) is 0 Å². The van der Waals surface area contributed by atoms with Crippen LogP contribution in [0.3, 0.4) is 0 Å². The summed E-state index contributed by atoms with van der Waals surface area (Å²) in [5.74, 6) is 1.55. The van der Waals surface area contributed by atoms with E-state index in [1.807, 2.05) is 13.8 Å². The topological polar surface area (TPSA) is 163 Å². The molecule has 0 amide bonds. The number of phosphoric acid groups is 1. The molecule has 0 unspecified atom stereocenters. The lowest BCUT2D eigenvalue weighted by Crippen LogP contribution is -2.33. The fourth-order valence-corrected chi connectivity index (χ4v) is 4.83. The first kappa shape index (κ1) is 26.3. The van der Waals surface area contributed by atoms with E-state index >= 15 is 0 Å². The number of aliphatic hydroxyl groups is 2. The molecular formula is C19H32N5O7PS. The minimum atomic E-state index is -4.75. The number of aliphatic hydroxyl groups excluding tert-OH is 2. The Hall–Kier alpha value is -1.31. The molecule has 2 aromatic heterocycles. The molecule has 33 heavy (non-hydrogen) atoms. The summed E-state index contributed by atoms with van der Waals surface area (Å²) in [6.45, 7) is 7.05. The number of ether oxygens (including phenoxy) is 1. The van der Waals surface area contributed by atoms with Crippen LogP contribution in [0.4, 0.5) is 5.82 Å². The quantitative estimate of drug-likeness (QED) is 0.143. The molecule has 0 aromatic carbocycles. The molecule has 0 spiro atoms. The SMILES string of the molecule is CCCCCSc1nc(N(CC)CC)c2ncn([C@@H]3O[C@H](COP(=O)(O)O)[C@@H](O)[C@H]3O)c2n1. The Balaban J connectivity index is 1.94. The number of hydrogen-bond donors (Lipinski definition) is 4. The van der Waals surface area contributed by atoms with E-state index in [9.17, 15) is 14.8 Å². The molecule has 14 heteroatoms. The Morgan fingerprint density at radius 1 is 1.18 bits per heavy atom. The van der Waals surface area contributed by atoms with Gasteiger partial charge in [-0.2, -0.15) is 0 Å². The van der Waals surface area contributed by atoms with Crippen LogP contribution in [-0.2, 0) is 13.8 Å². The highest BCUT2D eigenvalue weighted by Gasteiger charge is 2.45. The van der Waals surface area contributed by atoms with Gasteiger partial charge in [0.15, 0.2) is 28.4 Å². The monoisotopic (exact) mass is 505 g/mol. The summed E-state index contributed by atoms with van der Waals surface area (Å²) in [4.78, 5) is 33.8. The van der Waals surface area contributed by atoms with Gasteiger partial charge in [0.2, 0.25) is 0 Å². The Bertz CT molecular complexity index is 969. The van der Waals surface area contributed by atoms with Gasteiger partial charge in [-0.3, -0.25) is 9.09 Å². The largest absolute Gasteiger partial charge is 0.469 e. The van der Waals surface area contributed by atoms with Gasteiger partial charge in [-0.05, 0) is 20.3 Å². The second-order valence-corrected chi connectivity index (χ2v) is 10.0. The van der Waals surface area contributed by atoms with E-state index in [0.717, 1.165) is 38.1 Å². The number of phosphoric ester groups is 1. The number of fused-ring (bicyclic) bond motifs is 1. The molecule has 3 heterocycles. The number of rotatable bonds is 12. The van der Waals surface area contributed by atoms with E-state index in [2.05, 4.69) is 26.3 Å². The molecule has 0 radical (unpaired) electrons. The fraction of sp³-hybridized carbons (Fsp3) is 0.737. The predicted molar refractivity (Wildman–Crippen MR) is 123 cm³/mol. The standard InChI is InChI=1S/C19H32N5O7PS/c1-4-7-8-9-33-19-21-16(23(5-2)6-3)13-17(22-19)24(11-20-13)18-15(26)14(25)12(31-18)10-30-32(27,28)29/h11-12,14-15,18,25-26H,4-10H2,1-3H3,(H2,27,28,29)/t12-,14-,15-,18-/m1/s1. The van der Waals surface area contributed by atoms with Crippen LogP contribution in [0.25, 0.3) is 11.2 Å². The van der Waals surface area contributed by atoms with Gasteiger partial charge < -0.3 is 29.6 Å². The number of nitrogens with zero attached hydrogens (tertiary/aromatic N) is 5. The predicted octanol–water partition coefficient (Wildman–Crippen LogP) is 1.68. The highest BCUT2D eigenvalue weighted by molar-refractivity contribution is 7.99. The van der Waals surface area contributed by atoms with Crippen molar-refractivity contribution in [1.82, 2.24) is 19.5 Å². The van der Waals surface area contributed by atoms with Gasteiger partial charge in [0.05, 0.1) is 12.9 Å². The van der Waals surface area contributed by atoms with Crippen LogP contribution in [0.15, 0.2) is 11.5 Å². The zero-order valence-electron chi connectivity index (χ0n) is 18.9. The molecule has 0 bridgehead atoms. The van der Waals surface area contributed by atoms with Crippen LogP contribution in [-0.4, -0.2) is 83.3 Å². The van der Waals surface area contributed by atoms with Crippen LogP contribution in [0, 0.1) is 0 Å². The second-order valence-electron chi connectivity index (χ2n) is 7.71. The van der Waals surface area contributed by atoms with Crippen molar-refractivity contribution < 1.29 is 33.8 Å². The Kier molecular flexibility index (Phi) is 9.09. The third-order valence-electron chi connectivity index (χ3n) is 5.44. The maximum absolute atomic E-state index is 11.0. The average molecular weight is 506 g/mol. The zero-order valence-corrected chi connectivity index (χ0v) is 20.7. The molecule has 0 saturated carbocycles. The van der Waals surface area contributed by atoms with Crippen molar-refractivity contribution in [3.63, 3.8) is 0 Å². The van der Waals surface area contributed by atoms with Gasteiger partial charge >= 0.3 is 7.82 Å². The number of hydrogen-bond acceptors (Lipinski definition) is 10. The number of anilines is 1. The van der Waals surface area contributed by atoms with Gasteiger partial charge in [-0.1, -0.05) is 31.5 Å². The highest BCUT2D eigenvalue weighted by Crippen LogP contribution is 2.39. The number of thioether (sulfide) groups is 1. The fourth-order valence-electron chi connectivity index (χ4n) is 3.66. The molecule has 4 atom stereocenters. The molecule has 0 aliphatic carbocycles. The lowest BCUT2D eigenvalue weighted by Gasteiger charge is -2.21. The maximum atomic E-state index is 11.0. The Morgan fingerprint density at radius 2 is 1.91 bits per heavy atom. The first-order valence-corrected chi connectivity index (χ1v) is 13.6. The number of aromatic nitrogens is 4. The first-order chi connectivity index (χ1) is 15.7. The molecular weight excluding hydrogens is 473 g/mol. The normalized spacial score (nSPS) is 23.5. The lowest BCUT2D eigenvalue weighted by atomic mass is 10.1. The lowest BCUT2D eigenvalue weighted by molar-refractivity contribution is -0.0504. The van der Waals surface area contributed by atoms with Crippen LogP contribution >= 0.6 is 19.6 Å². The summed E-state index contributed by atoms with van der Waals surface area (Å²) in [5, 5.41) is 21.5. The van der Waals surface area contributed by atoms with E-state index < -0.39 is 39.0 Å². The third-order valence-corrected chi connectivity index (χ3v) is 6.86. The summed E-state index contributed by atoms with van der Waals surface area (Å²) in [5.41, 5.74) is 0.981. The highest BCUT2D eigenvalue weighted by atomic mass is 32.2. The average Bonchev–Trinajstić information content (AvgIpc) is 3.31. The minimum absolute atomic E-state index is 0.442. The number of imidazole rings is 1. The van der Waals surface area contributed by atoms with Gasteiger partial charge in [-0.15, -0.1) is 0 Å². The molecule has 186 valence electrons. The smallest absolute Gasteiger partial charge is 0.387 e.